The van der Waals surface area contributed by atoms with Crippen LogP contribution in [0.5, 0.6) is 0 Å². The molecular formula is C12H19NO2S2. The maximum atomic E-state index is 11.3. The molecule has 1 rings (SSSR count). The van der Waals surface area contributed by atoms with Gasteiger partial charge in [-0.05, 0) is 24.8 Å². The monoisotopic (exact) mass is 273 g/mol. The molecule has 0 atom stereocenters. The summed E-state index contributed by atoms with van der Waals surface area (Å²) in [5.41, 5.74) is 1.08. The molecule has 0 aromatic heterocycles. The van der Waals surface area contributed by atoms with E-state index in [0.29, 0.717) is 13.0 Å². The lowest BCUT2D eigenvalue weighted by Gasteiger charge is -2.09. The summed E-state index contributed by atoms with van der Waals surface area (Å²) in [6, 6.07) is 8.04. The van der Waals surface area contributed by atoms with Gasteiger partial charge in [-0.25, -0.2) is 8.42 Å². The molecule has 1 N–H and O–H groups in total. The largest absolute Gasteiger partial charge is 0.384 e. The first-order valence-electron chi connectivity index (χ1n) is 5.66. The Morgan fingerprint density at radius 3 is 2.65 bits per heavy atom. The van der Waals surface area contributed by atoms with E-state index in [1.165, 1.54) is 4.90 Å². The lowest BCUT2D eigenvalue weighted by Crippen LogP contribution is -2.13. The van der Waals surface area contributed by atoms with Gasteiger partial charge in [-0.2, -0.15) is 0 Å². The lowest BCUT2D eigenvalue weighted by molar-refractivity contribution is 0.595. The minimum Gasteiger partial charge on any atom is -0.384 e. The molecule has 5 heteroatoms. The van der Waals surface area contributed by atoms with E-state index in [1.807, 2.05) is 24.5 Å². The standard InChI is InChI=1S/C12H19NO2S2/c1-3-17(14,15)10-6-9-13-11-7-4-5-8-12(11)16-2/h4-5,7-8,13H,3,6,9-10H2,1-2H3. The zero-order valence-electron chi connectivity index (χ0n) is 10.3. The zero-order chi connectivity index (χ0) is 12.7. The highest BCUT2D eigenvalue weighted by Crippen LogP contribution is 2.24. The van der Waals surface area contributed by atoms with Gasteiger partial charge in [0.1, 0.15) is 9.84 Å². The molecule has 0 saturated heterocycles. The van der Waals surface area contributed by atoms with E-state index < -0.39 is 9.84 Å². The van der Waals surface area contributed by atoms with Gasteiger partial charge in [-0.15, -0.1) is 11.8 Å². The molecule has 0 radical (unpaired) electrons. The van der Waals surface area contributed by atoms with Crippen molar-refractivity contribution in [1.82, 2.24) is 0 Å². The van der Waals surface area contributed by atoms with Gasteiger partial charge in [0.05, 0.1) is 5.75 Å². The smallest absolute Gasteiger partial charge is 0.150 e. The Balaban J connectivity index is 2.41. The highest BCUT2D eigenvalue weighted by atomic mass is 32.2. The maximum Gasteiger partial charge on any atom is 0.150 e. The first-order valence-corrected chi connectivity index (χ1v) is 8.71. The van der Waals surface area contributed by atoms with Crippen LogP contribution in [-0.4, -0.2) is 32.7 Å². The summed E-state index contributed by atoms with van der Waals surface area (Å²) in [5.74, 6) is 0.492. The molecule has 3 nitrogen and oxygen atoms in total. The SMILES string of the molecule is CCS(=O)(=O)CCCNc1ccccc1SC. The van der Waals surface area contributed by atoms with Gasteiger partial charge < -0.3 is 5.32 Å². The van der Waals surface area contributed by atoms with E-state index >= 15 is 0 Å². The van der Waals surface area contributed by atoms with Gasteiger partial charge >= 0.3 is 0 Å². The molecule has 0 aliphatic rings. The molecule has 1 aromatic rings. The number of thioether (sulfide) groups is 1. The summed E-state index contributed by atoms with van der Waals surface area (Å²) >= 11 is 1.68. The summed E-state index contributed by atoms with van der Waals surface area (Å²) in [5, 5.41) is 3.28. The van der Waals surface area contributed by atoms with Gasteiger partial charge in [0, 0.05) is 22.9 Å². The molecule has 17 heavy (non-hydrogen) atoms. The summed E-state index contributed by atoms with van der Waals surface area (Å²) in [6.45, 7) is 2.38. The third kappa shape index (κ3) is 5.00. The minimum atomic E-state index is -2.83. The summed E-state index contributed by atoms with van der Waals surface area (Å²) in [4.78, 5) is 1.19. The molecule has 0 bridgehead atoms. The van der Waals surface area contributed by atoms with E-state index in [1.54, 1.807) is 18.7 Å². The number of benzene rings is 1. The number of sulfone groups is 1. The average Bonchev–Trinajstić information content (AvgIpc) is 2.35. The molecule has 96 valence electrons. The Hall–Kier alpha value is -0.680. The fourth-order valence-corrected chi connectivity index (χ4v) is 2.90. The third-order valence-corrected chi connectivity index (χ3v) is 5.08. The molecule has 0 aliphatic heterocycles. The molecule has 0 spiro atoms. The van der Waals surface area contributed by atoms with Crippen LogP contribution in [-0.2, 0) is 9.84 Å². The second-order valence-electron chi connectivity index (χ2n) is 3.72. The second kappa shape index (κ2) is 6.91. The van der Waals surface area contributed by atoms with Gasteiger partial charge in [-0.1, -0.05) is 19.1 Å². The number of anilines is 1. The summed E-state index contributed by atoms with van der Waals surface area (Å²) < 4.78 is 22.6. The van der Waals surface area contributed by atoms with Crippen LogP contribution in [0.1, 0.15) is 13.3 Å². The Kier molecular flexibility index (Phi) is 5.85. The molecule has 0 heterocycles. The van der Waals surface area contributed by atoms with Crippen molar-refractivity contribution in [2.24, 2.45) is 0 Å². The summed E-state index contributed by atoms with van der Waals surface area (Å²) in [6.07, 6.45) is 2.68. The van der Waals surface area contributed by atoms with Crippen molar-refractivity contribution in [3.8, 4) is 0 Å². The van der Waals surface area contributed by atoms with Crippen molar-refractivity contribution in [2.75, 3.05) is 29.6 Å². The van der Waals surface area contributed by atoms with Crippen LogP contribution in [0, 0.1) is 0 Å². The van der Waals surface area contributed by atoms with E-state index in [4.69, 9.17) is 0 Å². The van der Waals surface area contributed by atoms with Crippen molar-refractivity contribution in [3.63, 3.8) is 0 Å². The Morgan fingerprint density at radius 1 is 1.29 bits per heavy atom. The average molecular weight is 273 g/mol. The molecule has 1 aromatic carbocycles. The lowest BCUT2D eigenvalue weighted by atomic mass is 10.3. The fraction of sp³-hybridized carbons (Fsp3) is 0.500. The highest BCUT2D eigenvalue weighted by molar-refractivity contribution is 7.98. The number of para-hydroxylation sites is 1. The van der Waals surface area contributed by atoms with Crippen molar-refractivity contribution >= 4 is 27.3 Å². The molecule has 0 unspecified atom stereocenters. The van der Waals surface area contributed by atoms with Crippen LogP contribution >= 0.6 is 11.8 Å². The van der Waals surface area contributed by atoms with E-state index in [-0.39, 0.29) is 11.5 Å². The van der Waals surface area contributed by atoms with Gasteiger partial charge in [0.25, 0.3) is 0 Å². The first kappa shape index (κ1) is 14.4. The van der Waals surface area contributed by atoms with Crippen LogP contribution in [0.25, 0.3) is 0 Å². The molecular weight excluding hydrogens is 254 g/mol. The van der Waals surface area contributed by atoms with E-state index in [9.17, 15) is 8.42 Å². The predicted molar refractivity (Wildman–Crippen MR) is 75.7 cm³/mol. The Bertz CT molecular complexity index is 444. The van der Waals surface area contributed by atoms with Gasteiger partial charge in [0.2, 0.25) is 0 Å². The van der Waals surface area contributed by atoms with Crippen LogP contribution in [0.15, 0.2) is 29.2 Å². The van der Waals surface area contributed by atoms with Crippen molar-refractivity contribution in [1.29, 1.82) is 0 Å². The topological polar surface area (TPSA) is 46.2 Å². The molecule has 0 saturated carbocycles. The quantitative estimate of drug-likeness (QED) is 0.613. The zero-order valence-corrected chi connectivity index (χ0v) is 11.9. The maximum absolute atomic E-state index is 11.3. The van der Waals surface area contributed by atoms with Crippen molar-refractivity contribution < 1.29 is 8.42 Å². The van der Waals surface area contributed by atoms with Crippen LogP contribution in [0.4, 0.5) is 5.69 Å². The highest BCUT2D eigenvalue weighted by Gasteiger charge is 2.06. The Morgan fingerprint density at radius 2 is 2.00 bits per heavy atom. The molecule has 0 aliphatic carbocycles. The first-order chi connectivity index (χ1) is 8.09. The van der Waals surface area contributed by atoms with Crippen LogP contribution < -0.4 is 5.32 Å². The predicted octanol–water partition coefficient (Wildman–Crippen LogP) is 2.65. The molecule has 0 amide bonds. The van der Waals surface area contributed by atoms with Gasteiger partial charge in [-0.3, -0.25) is 0 Å². The van der Waals surface area contributed by atoms with Crippen molar-refractivity contribution in [2.45, 2.75) is 18.2 Å². The third-order valence-electron chi connectivity index (χ3n) is 2.49. The normalized spacial score (nSPS) is 11.4. The van der Waals surface area contributed by atoms with Crippen LogP contribution in [0.3, 0.4) is 0 Å². The van der Waals surface area contributed by atoms with Crippen LogP contribution in [0.2, 0.25) is 0 Å². The number of rotatable bonds is 7. The molecule has 0 fully saturated rings. The Labute approximate surface area is 108 Å². The van der Waals surface area contributed by atoms with Crippen molar-refractivity contribution in [3.05, 3.63) is 24.3 Å². The fourth-order valence-electron chi connectivity index (χ4n) is 1.45. The second-order valence-corrected chi connectivity index (χ2v) is 7.04. The van der Waals surface area contributed by atoms with E-state index in [0.717, 1.165) is 5.69 Å². The minimum absolute atomic E-state index is 0.231. The van der Waals surface area contributed by atoms with Gasteiger partial charge in [0.15, 0.2) is 0 Å². The number of hydrogen-bond donors (Lipinski definition) is 1. The summed E-state index contributed by atoms with van der Waals surface area (Å²) in [7, 11) is -2.83. The number of nitrogens with one attached hydrogen (secondary N) is 1. The number of hydrogen-bond acceptors (Lipinski definition) is 4. The van der Waals surface area contributed by atoms with E-state index in [2.05, 4.69) is 11.4 Å².